The Balaban J connectivity index is 1.54. The van der Waals surface area contributed by atoms with E-state index in [-0.39, 0.29) is 24.5 Å². The van der Waals surface area contributed by atoms with Crippen molar-refractivity contribution >= 4 is 17.5 Å². The lowest BCUT2D eigenvalue weighted by Gasteiger charge is -2.29. The predicted octanol–water partition coefficient (Wildman–Crippen LogP) is 0.974. The van der Waals surface area contributed by atoms with Crippen molar-refractivity contribution in [3.05, 3.63) is 29.8 Å². The van der Waals surface area contributed by atoms with Gasteiger partial charge in [-0.25, -0.2) is 0 Å². The topological polar surface area (TPSA) is 81.7 Å². The Morgan fingerprint density at radius 3 is 2.83 bits per heavy atom. The van der Waals surface area contributed by atoms with Crippen molar-refractivity contribution in [2.75, 3.05) is 25.0 Å². The molecule has 0 unspecified atom stereocenters. The van der Waals surface area contributed by atoms with Crippen LogP contribution in [0.3, 0.4) is 0 Å². The van der Waals surface area contributed by atoms with Crippen molar-refractivity contribution in [3.63, 3.8) is 0 Å². The standard InChI is InChI=1S/C17H23N3O3/c21-15-5-2-8-20(10-15)11-16(22)18-14-4-1-3-12(9-14)17(23)19-13-6-7-13/h1,3-4,9,13,15,21H,2,5-8,10-11H2,(H,18,22)(H,19,23)/t15-/m0/s1. The van der Waals surface area contributed by atoms with Crippen LogP contribution in [0.2, 0.25) is 0 Å². The van der Waals surface area contributed by atoms with E-state index < -0.39 is 0 Å². The molecular weight excluding hydrogens is 294 g/mol. The third-order valence-electron chi connectivity index (χ3n) is 4.17. The van der Waals surface area contributed by atoms with Crippen LogP contribution in [0.25, 0.3) is 0 Å². The van der Waals surface area contributed by atoms with Crippen LogP contribution in [0.1, 0.15) is 36.0 Å². The average Bonchev–Trinajstić information content (AvgIpc) is 3.31. The normalized spacial score (nSPS) is 21.7. The molecule has 6 nitrogen and oxygen atoms in total. The maximum Gasteiger partial charge on any atom is 0.251 e. The summed E-state index contributed by atoms with van der Waals surface area (Å²) in [6.45, 7) is 1.63. The Bertz CT molecular complexity index is 586. The molecule has 1 aromatic rings. The van der Waals surface area contributed by atoms with Crippen LogP contribution < -0.4 is 10.6 Å². The number of hydrogen-bond donors (Lipinski definition) is 3. The Labute approximate surface area is 135 Å². The molecule has 0 aromatic heterocycles. The van der Waals surface area contributed by atoms with Crippen molar-refractivity contribution in [1.29, 1.82) is 0 Å². The highest BCUT2D eigenvalue weighted by Crippen LogP contribution is 2.20. The number of nitrogens with zero attached hydrogens (tertiary/aromatic N) is 1. The van der Waals surface area contributed by atoms with E-state index in [1.807, 2.05) is 4.90 Å². The molecule has 0 radical (unpaired) electrons. The maximum atomic E-state index is 12.1. The molecule has 1 saturated carbocycles. The first-order valence-electron chi connectivity index (χ1n) is 8.21. The Hall–Kier alpha value is -1.92. The van der Waals surface area contributed by atoms with Crippen LogP contribution in [-0.4, -0.2) is 53.6 Å². The molecule has 3 N–H and O–H groups in total. The highest BCUT2D eigenvalue weighted by atomic mass is 16.3. The summed E-state index contributed by atoms with van der Waals surface area (Å²) in [5, 5.41) is 15.4. The molecule has 0 spiro atoms. The number of carbonyl (C=O) groups excluding carboxylic acids is 2. The molecule has 0 bridgehead atoms. The van der Waals surface area contributed by atoms with Crippen LogP contribution in [0.4, 0.5) is 5.69 Å². The molecule has 6 heteroatoms. The second kappa shape index (κ2) is 7.10. The van der Waals surface area contributed by atoms with Crippen LogP contribution in [0.5, 0.6) is 0 Å². The molecule has 1 aromatic carbocycles. The first-order chi connectivity index (χ1) is 11.1. The lowest BCUT2D eigenvalue weighted by molar-refractivity contribution is -0.118. The number of rotatable bonds is 5. The van der Waals surface area contributed by atoms with Crippen LogP contribution in [-0.2, 0) is 4.79 Å². The van der Waals surface area contributed by atoms with Gasteiger partial charge in [-0.2, -0.15) is 0 Å². The van der Waals surface area contributed by atoms with Gasteiger partial charge >= 0.3 is 0 Å². The molecule has 1 aliphatic heterocycles. The minimum Gasteiger partial charge on any atom is -0.392 e. The number of hydrogen-bond acceptors (Lipinski definition) is 4. The summed E-state index contributed by atoms with van der Waals surface area (Å²) in [5.74, 6) is -0.221. The van der Waals surface area contributed by atoms with E-state index in [0.29, 0.717) is 23.8 Å². The Morgan fingerprint density at radius 2 is 2.09 bits per heavy atom. The number of likely N-dealkylation sites (tertiary alicyclic amines) is 1. The average molecular weight is 317 g/mol. The summed E-state index contributed by atoms with van der Waals surface area (Å²) < 4.78 is 0. The number of aliphatic hydroxyl groups is 1. The second-order valence-corrected chi connectivity index (χ2v) is 6.41. The third kappa shape index (κ3) is 4.77. The number of β-amino-alcohol motifs (C(OH)–C–C–N with tert-alkyl or cyclic N) is 1. The van der Waals surface area contributed by atoms with Crippen LogP contribution in [0, 0.1) is 0 Å². The number of benzene rings is 1. The predicted molar refractivity (Wildman–Crippen MR) is 87.2 cm³/mol. The molecule has 2 amide bonds. The second-order valence-electron chi connectivity index (χ2n) is 6.41. The highest BCUT2D eigenvalue weighted by Gasteiger charge is 2.24. The third-order valence-corrected chi connectivity index (χ3v) is 4.17. The molecule has 1 saturated heterocycles. The van der Waals surface area contributed by atoms with Crippen molar-refractivity contribution in [3.8, 4) is 0 Å². The number of aliphatic hydroxyl groups excluding tert-OH is 1. The lowest BCUT2D eigenvalue weighted by Crippen LogP contribution is -2.42. The quantitative estimate of drug-likeness (QED) is 0.756. The van der Waals surface area contributed by atoms with Crippen molar-refractivity contribution in [1.82, 2.24) is 10.2 Å². The van der Waals surface area contributed by atoms with Gasteiger partial charge < -0.3 is 15.7 Å². The monoisotopic (exact) mass is 317 g/mol. The molecule has 2 aliphatic rings. The van der Waals surface area contributed by atoms with Crippen LogP contribution in [0.15, 0.2) is 24.3 Å². The Kier molecular flexibility index (Phi) is 4.93. The van der Waals surface area contributed by atoms with E-state index in [4.69, 9.17) is 0 Å². The van der Waals surface area contributed by atoms with E-state index >= 15 is 0 Å². The number of carbonyl (C=O) groups is 2. The van der Waals surface area contributed by atoms with Gasteiger partial charge in [0.2, 0.25) is 5.91 Å². The summed E-state index contributed by atoms with van der Waals surface area (Å²) in [5.41, 5.74) is 1.18. The fourth-order valence-corrected chi connectivity index (χ4v) is 2.81. The van der Waals surface area contributed by atoms with Gasteiger partial charge in [-0.05, 0) is 50.4 Å². The van der Waals surface area contributed by atoms with Gasteiger partial charge in [-0.3, -0.25) is 14.5 Å². The molecule has 2 fully saturated rings. The van der Waals surface area contributed by atoms with Crippen molar-refractivity contribution in [2.45, 2.75) is 37.8 Å². The summed E-state index contributed by atoms with van der Waals surface area (Å²) in [6.07, 6.45) is 3.46. The van der Waals surface area contributed by atoms with E-state index in [1.165, 1.54) is 0 Å². The van der Waals surface area contributed by atoms with E-state index in [0.717, 1.165) is 32.2 Å². The summed E-state index contributed by atoms with van der Waals surface area (Å²) in [4.78, 5) is 26.1. The SMILES string of the molecule is O=C(CN1CCC[C@H](O)C1)Nc1cccc(C(=O)NC2CC2)c1. The van der Waals surface area contributed by atoms with E-state index in [9.17, 15) is 14.7 Å². The van der Waals surface area contributed by atoms with Gasteiger partial charge in [0.25, 0.3) is 5.91 Å². The van der Waals surface area contributed by atoms with Gasteiger partial charge in [0.15, 0.2) is 0 Å². The Morgan fingerprint density at radius 1 is 1.26 bits per heavy atom. The van der Waals surface area contributed by atoms with Gasteiger partial charge in [0.1, 0.15) is 0 Å². The first-order valence-corrected chi connectivity index (χ1v) is 8.21. The van der Waals surface area contributed by atoms with E-state index in [2.05, 4.69) is 10.6 Å². The number of piperidine rings is 1. The zero-order valence-electron chi connectivity index (χ0n) is 13.1. The molecule has 3 rings (SSSR count). The fraction of sp³-hybridized carbons (Fsp3) is 0.529. The fourth-order valence-electron chi connectivity index (χ4n) is 2.81. The minimum absolute atomic E-state index is 0.0947. The van der Waals surface area contributed by atoms with Crippen LogP contribution >= 0.6 is 0 Å². The van der Waals surface area contributed by atoms with Gasteiger partial charge in [0.05, 0.1) is 12.6 Å². The lowest BCUT2D eigenvalue weighted by atomic mass is 10.1. The van der Waals surface area contributed by atoms with Gasteiger partial charge in [0, 0.05) is 23.8 Å². The van der Waals surface area contributed by atoms with Crippen molar-refractivity contribution < 1.29 is 14.7 Å². The molecule has 1 atom stereocenters. The smallest absolute Gasteiger partial charge is 0.251 e. The molecule has 1 aliphatic carbocycles. The minimum atomic E-state index is -0.342. The van der Waals surface area contributed by atoms with Gasteiger partial charge in [-0.15, -0.1) is 0 Å². The summed E-state index contributed by atoms with van der Waals surface area (Å²) in [7, 11) is 0. The highest BCUT2D eigenvalue weighted by molar-refractivity contribution is 5.97. The number of nitrogens with one attached hydrogen (secondary N) is 2. The van der Waals surface area contributed by atoms with Gasteiger partial charge in [-0.1, -0.05) is 6.07 Å². The largest absolute Gasteiger partial charge is 0.392 e. The molecule has 23 heavy (non-hydrogen) atoms. The van der Waals surface area contributed by atoms with Crippen molar-refractivity contribution in [2.24, 2.45) is 0 Å². The summed E-state index contributed by atoms with van der Waals surface area (Å²) in [6, 6.07) is 7.29. The number of anilines is 1. The zero-order chi connectivity index (χ0) is 16.2. The maximum absolute atomic E-state index is 12.1. The van der Waals surface area contributed by atoms with E-state index in [1.54, 1.807) is 24.3 Å². The summed E-state index contributed by atoms with van der Waals surface area (Å²) >= 11 is 0. The molecular formula is C17H23N3O3. The molecule has 1 heterocycles. The zero-order valence-corrected chi connectivity index (χ0v) is 13.1. The first kappa shape index (κ1) is 16.0. The number of amides is 2. The molecule has 124 valence electrons.